The van der Waals surface area contributed by atoms with Gasteiger partial charge in [-0.3, -0.25) is 4.90 Å². The first-order chi connectivity index (χ1) is 7.28. The van der Waals surface area contributed by atoms with Crippen LogP contribution in [0.5, 0.6) is 0 Å². The van der Waals surface area contributed by atoms with Gasteiger partial charge in [0.25, 0.3) is 0 Å². The smallest absolute Gasteiger partial charge is 0.129 e. The van der Waals surface area contributed by atoms with Crippen molar-refractivity contribution in [1.29, 1.82) is 0 Å². The molecule has 2 nitrogen and oxygen atoms in total. The number of hydrogen-bond acceptors (Lipinski definition) is 2. The lowest BCUT2D eigenvalue weighted by molar-refractivity contribution is 0.268. The molecule has 1 aromatic heterocycles. The first-order valence-corrected chi connectivity index (χ1v) is 5.98. The number of halogens is 1. The highest BCUT2D eigenvalue weighted by molar-refractivity contribution is 6.29. The molecule has 0 aliphatic heterocycles. The summed E-state index contributed by atoms with van der Waals surface area (Å²) in [7, 11) is 0. The van der Waals surface area contributed by atoms with Crippen LogP contribution in [0.1, 0.15) is 25.3 Å². The fraction of sp³-hybridized carbons (Fsp3) is 0.583. The van der Waals surface area contributed by atoms with Gasteiger partial charge in [-0.15, -0.1) is 0 Å². The first kappa shape index (κ1) is 10.9. The van der Waals surface area contributed by atoms with Gasteiger partial charge >= 0.3 is 0 Å². The molecule has 0 radical (unpaired) electrons. The van der Waals surface area contributed by atoms with E-state index in [-0.39, 0.29) is 0 Å². The van der Waals surface area contributed by atoms with E-state index in [1.165, 1.54) is 24.9 Å². The summed E-state index contributed by atoms with van der Waals surface area (Å²) in [6, 6.07) is 4.00. The van der Waals surface area contributed by atoms with Crippen LogP contribution in [-0.2, 0) is 6.54 Å². The van der Waals surface area contributed by atoms with Gasteiger partial charge in [0, 0.05) is 19.3 Å². The van der Waals surface area contributed by atoms with Crippen molar-refractivity contribution in [3.8, 4) is 0 Å². The van der Waals surface area contributed by atoms with Gasteiger partial charge in [-0.25, -0.2) is 4.98 Å². The second kappa shape index (κ2) is 4.95. The molecule has 0 bridgehead atoms. The number of rotatable bonds is 5. The molecule has 15 heavy (non-hydrogen) atoms. The number of nitrogens with zero attached hydrogens (tertiary/aromatic N) is 2. The molecule has 1 aliphatic carbocycles. The monoisotopic (exact) mass is 224 g/mol. The van der Waals surface area contributed by atoms with Crippen LogP contribution in [0, 0.1) is 5.92 Å². The average molecular weight is 225 g/mol. The summed E-state index contributed by atoms with van der Waals surface area (Å²) in [6.45, 7) is 5.55. The molecule has 1 fully saturated rings. The quantitative estimate of drug-likeness (QED) is 0.715. The summed E-state index contributed by atoms with van der Waals surface area (Å²) >= 11 is 5.86. The number of hydrogen-bond donors (Lipinski definition) is 0. The zero-order chi connectivity index (χ0) is 10.7. The lowest BCUT2D eigenvalue weighted by Crippen LogP contribution is -2.25. The minimum Gasteiger partial charge on any atom is -0.299 e. The van der Waals surface area contributed by atoms with Crippen LogP contribution in [0.3, 0.4) is 0 Å². The Morgan fingerprint density at radius 1 is 1.53 bits per heavy atom. The van der Waals surface area contributed by atoms with Crippen molar-refractivity contribution in [3.05, 3.63) is 29.0 Å². The Labute approximate surface area is 96.3 Å². The highest BCUT2D eigenvalue weighted by Crippen LogP contribution is 2.30. The summed E-state index contributed by atoms with van der Waals surface area (Å²) in [5.74, 6) is 0.947. The van der Waals surface area contributed by atoms with E-state index in [0.29, 0.717) is 5.15 Å². The molecule has 0 amide bonds. The molecule has 3 heteroatoms. The largest absolute Gasteiger partial charge is 0.299 e. The van der Waals surface area contributed by atoms with E-state index in [1.54, 1.807) is 6.20 Å². The van der Waals surface area contributed by atoms with Crippen molar-refractivity contribution >= 4 is 11.6 Å². The van der Waals surface area contributed by atoms with E-state index in [9.17, 15) is 0 Å². The topological polar surface area (TPSA) is 16.1 Å². The van der Waals surface area contributed by atoms with Gasteiger partial charge in [0.2, 0.25) is 0 Å². The molecule has 0 aromatic carbocycles. The Hall–Kier alpha value is -0.600. The Morgan fingerprint density at radius 3 is 2.93 bits per heavy atom. The molecule has 1 aromatic rings. The van der Waals surface area contributed by atoms with E-state index in [1.807, 2.05) is 12.1 Å². The maximum atomic E-state index is 5.86. The molecule has 1 aliphatic rings. The van der Waals surface area contributed by atoms with Crippen molar-refractivity contribution < 1.29 is 0 Å². The van der Waals surface area contributed by atoms with Gasteiger partial charge in [0.15, 0.2) is 0 Å². The Balaban J connectivity index is 1.92. The van der Waals surface area contributed by atoms with Crippen LogP contribution in [0.4, 0.5) is 0 Å². The van der Waals surface area contributed by atoms with Gasteiger partial charge in [-0.2, -0.15) is 0 Å². The molecular weight excluding hydrogens is 208 g/mol. The minimum absolute atomic E-state index is 0.593. The van der Waals surface area contributed by atoms with Gasteiger partial charge in [-0.05, 0) is 43.0 Å². The summed E-state index contributed by atoms with van der Waals surface area (Å²) in [6.07, 6.45) is 4.60. The zero-order valence-corrected chi connectivity index (χ0v) is 9.87. The van der Waals surface area contributed by atoms with Gasteiger partial charge in [-0.1, -0.05) is 18.5 Å². The van der Waals surface area contributed by atoms with E-state index in [0.717, 1.165) is 19.0 Å². The second-order valence-corrected chi connectivity index (χ2v) is 4.65. The molecule has 0 spiro atoms. The minimum atomic E-state index is 0.593. The Morgan fingerprint density at radius 2 is 2.33 bits per heavy atom. The van der Waals surface area contributed by atoms with E-state index in [2.05, 4.69) is 16.8 Å². The SMILES string of the molecule is CCN(Cc1ccnc(Cl)c1)CC1CC1. The summed E-state index contributed by atoms with van der Waals surface area (Å²) in [5.41, 5.74) is 1.26. The molecule has 82 valence electrons. The van der Waals surface area contributed by atoms with E-state index in [4.69, 9.17) is 11.6 Å². The maximum absolute atomic E-state index is 5.86. The molecule has 1 heterocycles. The highest BCUT2D eigenvalue weighted by atomic mass is 35.5. The third kappa shape index (κ3) is 3.47. The van der Waals surface area contributed by atoms with Gasteiger partial charge < -0.3 is 0 Å². The van der Waals surface area contributed by atoms with Crippen molar-refractivity contribution in [2.45, 2.75) is 26.3 Å². The van der Waals surface area contributed by atoms with Crippen LogP contribution in [-0.4, -0.2) is 23.0 Å². The fourth-order valence-corrected chi connectivity index (χ4v) is 1.97. The highest BCUT2D eigenvalue weighted by Gasteiger charge is 2.23. The van der Waals surface area contributed by atoms with E-state index >= 15 is 0 Å². The predicted molar refractivity (Wildman–Crippen MR) is 62.9 cm³/mol. The fourth-order valence-electron chi connectivity index (χ4n) is 1.77. The summed E-state index contributed by atoms with van der Waals surface area (Å²) < 4.78 is 0. The van der Waals surface area contributed by atoms with Crippen molar-refractivity contribution in [2.24, 2.45) is 5.92 Å². The van der Waals surface area contributed by atoms with Crippen molar-refractivity contribution in [2.75, 3.05) is 13.1 Å². The molecule has 2 rings (SSSR count). The van der Waals surface area contributed by atoms with Crippen molar-refractivity contribution in [3.63, 3.8) is 0 Å². The van der Waals surface area contributed by atoms with Crippen LogP contribution >= 0.6 is 11.6 Å². The van der Waals surface area contributed by atoms with Gasteiger partial charge in [0.1, 0.15) is 5.15 Å². The third-order valence-electron chi connectivity index (χ3n) is 2.86. The number of aromatic nitrogens is 1. The second-order valence-electron chi connectivity index (χ2n) is 4.26. The van der Waals surface area contributed by atoms with Crippen LogP contribution < -0.4 is 0 Å². The predicted octanol–water partition coefficient (Wildman–Crippen LogP) is 2.97. The van der Waals surface area contributed by atoms with Crippen LogP contribution in [0.15, 0.2) is 18.3 Å². The van der Waals surface area contributed by atoms with Crippen LogP contribution in [0.25, 0.3) is 0 Å². The lowest BCUT2D eigenvalue weighted by Gasteiger charge is -2.20. The normalized spacial score (nSPS) is 15.9. The molecule has 0 saturated heterocycles. The average Bonchev–Trinajstić information content (AvgIpc) is 3.01. The van der Waals surface area contributed by atoms with Gasteiger partial charge in [0.05, 0.1) is 0 Å². The van der Waals surface area contributed by atoms with Crippen LogP contribution in [0.2, 0.25) is 5.15 Å². The molecule has 0 atom stereocenters. The lowest BCUT2D eigenvalue weighted by atomic mass is 10.2. The first-order valence-electron chi connectivity index (χ1n) is 5.60. The Bertz CT molecular complexity index is 323. The maximum Gasteiger partial charge on any atom is 0.129 e. The Kier molecular flexibility index (Phi) is 3.60. The number of pyridine rings is 1. The molecule has 0 unspecified atom stereocenters. The third-order valence-corrected chi connectivity index (χ3v) is 3.06. The van der Waals surface area contributed by atoms with Crippen molar-refractivity contribution in [1.82, 2.24) is 9.88 Å². The molecule has 1 saturated carbocycles. The zero-order valence-electron chi connectivity index (χ0n) is 9.12. The van der Waals surface area contributed by atoms with E-state index < -0.39 is 0 Å². The standard InChI is InChI=1S/C12H17ClN2/c1-2-15(8-10-3-4-10)9-11-5-6-14-12(13)7-11/h5-7,10H,2-4,8-9H2,1H3. The summed E-state index contributed by atoms with van der Waals surface area (Å²) in [5, 5.41) is 0.593. The molecule has 0 N–H and O–H groups in total. The molecular formula is C12H17ClN2. The summed E-state index contributed by atoms with van der Waals surface area (Å²) in [4.78, 5) is 6.47.